The van der Waals surface area contributed by atoms with Crippen molar-refractivity contribution in [3.63, 3.8) is 0 Å². The lowest BCUT2D eigenvalue weighted by Crippen LogP contribution is -2.40. The number of nitrogens with one attached hydrogen (secondary N) is 1. The maximum Gasteiger partial charge on any atom is 0.224 e. The van der Waals surface area contributed by atoms with Gasteiger partial charge in [-0.25, -0.2) is 12.7 Å². The van der Waals surface area contributed by atoms with Gasteiger partial charge in [0.15, 0.2) is 0 Å². The van der Waals surface area contributed by atoms with Crippen LogP contribution in [0.5, 0.6) is 0 Å². The molecule has 0 bridgehead atoms. The van der Waals surface area contributed by atoms with Crippen molar-refractivity contribution in [3.8, 4) is 0 Å². The molecule has 1 N–H and O–H groups in total. The highest BCUT2D eigenvalue weighted by Crippen LogP contribution is 2.17. The van der Waals surface area contributed by atoms with Crippen LogP contribution in [0.25, 0.3) is 0 Å². The van der Waals surface area contributed by atoms with Crippen LogP contribution in [0.3, 0.4) is 0 Å². The molecule has 27 heavy (non-hydrogen) atoms. The van der Waals surface area contributed by atoms with Gasteiger partial charge in [-0.2, -0.15) is 0 Å². The van der Waals surface area contributed by atoms with Crippen molar-refractivity contribution in [1.82, 2.24) is 9.62 Å². The van der Waals surface area contributed by atoms with Gasteiger partial charge in [0.2, 0.25) is 15.9 Å². The Kier molecular flexibility index (Phi) is 7.09. The number of hydrogen-bond acceptors (Lipinski definition) is 5. The molecule has 0 saturated carbocycles. The molecule has 7 nitrogen and oxygen atoms in total. The summed E-state index contributed by atoms with van der Waals surface area (Å²) in [6, 6.07) is 7.95. The van der Waals surface area contributed by atoms with Gasteiger partial charge in [-0.1, -0.05) is 18.6 Å². The van der Waals surface area contributed by atoms with Crippen molar-refractivity contribution >= 4 is 21.6 Å². The maximum atomic E-state index is 12.3. The van der Waals surface area contributed by atoms with E-state index in [9.17, 15) is 13.2 Å². The van der Waals surface area contributed by atoms with Crippen molar-refractivity contribution in [2.45, 2.75) is 25.7 Å². The number of nitrogens with zero attached hydrogens (tertiary/aromatic N) is 2. The largest absolute Gasteiger partial charge is 0.378 e. The molecule has 2 fully saturated rings. The molecule has 150 valence electrons. The number of amides is 1. The summed E-state index contributed by atoms with van der Waals surface area (Å²) >= 11 is 0. The average molecular weight is 396 g/mol. The Morgan fingerprint density at radius 1 is 1.00 bits per heavy atom. The Labute approximate surface area is 161 Å². The van der Waals surface area contributed by atoms with E-state index in [2.05, 4.69) is 10.2 Å². The molecule has 1 aromatic carbocycles. The topological polar surface area (TPSA) is 79.0 Å². The van der Waals surface area contributed by atoms with E-state index in [1.165, 1.54) is 0 Å². The van der Waals surface area contributed by atoms with Gasteiger partial charge in [0.05, 0.1) is 25.4 Å². The van der Waals surface area contributed by atoms with Gasteiger partial charge >= 0.3 is 0 Å². The van der Waals surface area contributed by atoms with E-state index in [-0.39, 0.29) is 24.6 Å². The zero-order valence-electron chi connectivity index (χ0n) is 15.7. The number of anilines is 1. The first-order chi connectivity index (χ1) is 13.0. The van der Waals surface area contributed by atoms with E-state index in [1.807, 2.05) is 24.3 Å². The summed E-state index contributed by atoms with van der Waals surface area (Å²) in [5, 5.41) is 2.73. The van der Waals surface area contributed by atoms with Crippen LogP contribution in [0.4, 0.5) is 5.69 Å². The highest BCUT2D eigenvalue weighted by atomic mass is 32.2. The molecule has 0 radical (unpaired) electrons. The number of sulfonamides is 1. The van der Waals surface area contributed by atoms with E-state index in [1.54, 1.807) is 4.31 Å². The molecule has 0 spiro atoms. The third-order valence-electron chi connectivity index (χ3n) is 5.07. The lowest BCUT2D eigenvalue weighted by Gasteiger charge is -2.28. The van der Waals surface area contributed by atoms with Crippen LogP contribution in [0.2, 0.25) is 0 Å². The number of piperidine rings is 1. The predicted octanol–water partition coefficient (Wildman–Crippen LogP) is 0.998. The number of carbonyl (C=O) groups excluding carboxylic acids is 1. The fraction of sp³-hybridized carbons (Fsp3) is 0.632. The molecular formula is C19H29N3O4S. The first-order valence-corrected chi connectivity index (χ1v) is 11.3. The van der Waals surface area contributed by atoms with Gasteiger partial charge < -0.3 is 15.0 Å². The zero-order valence-corrected chi connectivity index (χ0v) is 16.5. The first-order valence-electron chi connectivity index (χ1n) is 9.71. The predicted molar refractivity (Wildman–Crippen MR) is 105 cm³/mol. The summed E-state index contributed by atoms with van der Waals surface area (Å²) in [5.74, 6) is -0.183. The maximum absolute atomic E-state index is 12.3. The van der Waals surface area contributed by atoms with Crippen LogP contribution in [0.15, 0.2) is 24.3 Å². The quantitative estimate of drug-likeness (QED) is 0.745. The van der Waals surface area contributed by atoms with Gasteiger partial charge in [0.25, 0.3) is 0 Å². The van der Waals surface area contributed by atoms with E-state index < -0.39 is 10.0 Å². The fourth-order valence-electron chi connectivity index (χ4n) is 3.49. The molecule has 2 aliphatic rings. The summed E-state index contributed by atoms with van der Waals surface area (Å²) in [7, 11) is -3.27. The van der Waals surface area contributed by atoms with Gasteiger partial charge in [-0.05, 0) is 30.5 Å². The third-order valence-corrected chi connectivity index (χ3v) is 6.94. The van der Waals surface area contributed by atoms with E-state index in [4.69, 9.17) is 4.74 Å². The third kappa shape index (κ3) is 5.92. The second kappa shape index (κ2) is 9.52. The van der Waals surface area contributed by atoms with Crippen molar-refractivity contribution in [2.75, 3.05) is 56.6 Å². The number of hydrogen-bond donors (Lipinski definition) is 1. The van der Waals surface area contributed by atoms with Crippen molar-refractivity contribution in [1.29, 1.82) is 0 Å². The van der Waals surface area contributed by atoms with Crippen LogP contribution in [0, 0.1) is 0 Å². The first kappa shape index (κ1) is 20.1. The van der Waals surface area contributed by atoms with Crippen LogP contribution in [-0.2, 0) is 26.0 Å². The van der Waals surface area contributed by atoms with Gasteiger partial charge in [0.1, 0.15) is 0 Å². The molecule has 0 aliphatic carbocycles. The van der Waals surface area contributed by atoms with E-state index >= 15 is 0 Å². The SMILES string of the molecule is O=C(Cc1ccc(N2CCOCC2)cc1)NCCS(=O)(=O)N1CCCCC1. The van der Waals surface area contributed by atoms with Crippen LogP contribution in [0.1, 0.15) is 24.8 Å². The van der Waals surface area contributed by atoms with Gasteiger partial charge in [0, 0.05) is 38.4 Å². The van der Waals surface area contributed by atoms with Crippen molar-refractivity contribution < 1.29 is 17.9 Å². The minimum absolute atomic E-state index is 0.0330. The lowest BCUT2D eigenvalue weighted by atomic mass is 10.1. The minimum atomic E-state index is -3.27. The summed E-state index contributed by atoms with van der Waals surface area (Å²) in [6.07, 6.45) is 3.19. The second-order valence-electron chi connectivity index (χ2n) is 7.07. The normalized spacial score (nSPS) is 19.0. The molecule has 1 amide bonds. The standard InChI is InChI=1S/C19H29N3O4S/c23-19(20-8-15-27(24,25)22-9-2-1-3-10-22)16-17-4-6-18(7-5-17)21-11-13-26-14-12-21/h4-7H,1-3,8-16H2,(H,20,23). The fourth-order valence-corrected chi connectivity index (χ4v) is 4.92. The molecular weight excluding hydrogens is 366 g/mol. The summed E-state index contributed by atoms with van der Waals surface area (Å²) < 4.78 is 31.5. The smallest absolute Gasteiger partial charge is 0.224 e. The molecule has 2 saturated heterocycles. The Bertz CT molecular complexity index is 709. The Balaban J connectivity index is 1.42. The van der Waals surface area contributed by atoms with Crippen molar-refractivity contribution in [2.24, 2.45) is 0 Å². The molecule has 0 aromatic heterocycles. The Hall–Kier alpha value is -1.64. The van der Waals surface area contributed by atoms with Crippen molar-refractivity contribution in [3.05, 3.63) is 29.8 Å². The molecule has 3 rings (SSSR count). The molecule has 2 heterocycles. The zero-order chi connectivity index (χ0) is 19.1. The second-order valence-corrected chi connectivity index (χ2v) is 9.16. The van der Waals surface area contributed by atoms with Crippen LogP contribution >= 0.6 is 0 Å². The van der Waals surface area contributed by atoms with Gasteiger partial charge in [-0.15, -0.1) is 0 Å². The average Bonchev–Trinajstić information content (AvgIpc) is 2.70. The molecule has 8 heteroatoms. The van der Waals surface area contributed by atoms with Crippen LogP contribution in [-0.4, -0.2) is 70.3 Å². The summed E-state index contributed by atoms with van der Waals surface area (Å²) in [4.78, 5) is 14.4. The number of rotatable bonds is 7. The highest BCUT2D eigenvalue weighted by Gasteiger charge is 2.23. The number of carbonyl (C=O) groups is 1. The van der Waals surface area contributed by atoms with E-state index in [0.717, 1.165) is 56.8 Å². The monoisotopic (exact) mass is 395 g/mol. The minimum Gasteiger partial charge on any atom is -0.378 e. The lowest BCUT2D eigenvalue weighted by molar-refractivity contribution is -0.120. The highest BCUT2D eigenvalue weighted by molar-refractivity contribution is 7.89. The molecule has 1 aromatic rings. The van der Waals surface area contributed by atoms with E-state index in [0.29, 0.717) is 13.1 Å². The summed E-state index contributed by atoms with van der Waals surface area (Å²) in [6.45, 7) is 4.60. The molecule has 0 atom stereocenters. The number of benzene rings is 1. The number of morpholine rings is 1. The summed E-state index contributed by atoms with van der Waals surface area (Å²) in [5.41, 5.74) is 2.05. The molecule has 2 aliphatic heterocycles. The van der Waals surface area contributed by atoms with Crippen LogP contribution < -0.4 is 10.2 Å². The Morgan fingerprint density at radius 2 is 1.67 bits per heavy atom. The Morgan fingerprint density at radius 3 is 2.33 bits per heavy atom. The molecule has 0 unspecified atom stereocenters. The number of ether oxygens (including phenoxy) is 1. The van der Waals surface area contributed by atoms with Gasteiger partial charge in [-0.3, -0.25) is 4.79 Å².